The van der Waals surface area contributed by atoms with E-state index in [1.165, 1.54) is 31.7 Å². The molecule has 0 aliphatic heterocycles. The lowest BCUT2D eigenvalue weighted by Gasteiger charge is -2.24. The van der Waals surface area contributed by atoms with Gasteiger partial charge in [0, 0.05) is 29.2 Å². The predicted molar refractivity (Wildman–Crippen MR) is 79.8 cm³/mol. The molecule has 1 amide bonds. The molecule has 21 heavy (non-hydrogen) atoms. The average Bonchev–Trinajstić information content (AvgIpc) is 2.39. The van der Waals surface area contributed by atoms with Gasteiger partial charge in [-0.05, 0) is 37.0 Å². The Morgan fingerprint density at radius 2 is 2.14 bits per heavy atom. The van der Waals surface area contributed by atoms with Crippen molar-refractivity contribution in [2.75, 3.05) is 7.11 Å². The Balaban J connectivity index is 2.04. The second-order valence-electron chi connectivity index (χ2n) is 5.19. The molecule has 1 aromatic carbocycles. The first-order chi connectivity index (χ1) is 9.90. The van der Waals surface area contributed by atoms with Crippen LogP contribution >= 0.6 is 10.7 Å². The van der Waals surface area contributed by atoms with E-state index in [4.69, 9.17) is 15.4 Å². The van der Waals surface area contributed by atoms with E-state index in [-0.39, 0.29) is 17.3 Å². The summed E-state index contributed by atoms with van der Waals surface area (Å²) in [6.45, 7) is 0.217. The van der Waals surface area contributed by atoms with Gasteiger partial charge in [-0.15, -0.1) is 0 Å². The fraction of sp³-hybridized carbons (Fsp3) is 0.500. The number of rotatable bonds is 6. The van der Waals surface area contributed by atoms with Crippen LogP contribution in [0.15, 0.2) is 23.1 Å². The molecule has 1 fully saturated rings. The van der Waals surface area contributed by atoms with Gasteiger partial charge in [0.25, 0.3) is 9.05 Å². The van der Waals surface area contributed by atoms with Gasteiger partial charge in [0.2, 0.25) is 5.91 Å². The Hall–Kier alpha value is -1.27. The summed E-state index contributed by atoms with van der Waals surface area (Å²) in [5.41, 5.74) is 0.584. The zero-order valence-corrected chi connectivity index (χ0v) is 13.3. The first-order valence-electron chi connectivity index (χ1n) is 6.78. The number of hydrogen-bond donors (Lipinski definition) is 1. The molecule has 116 valence electrons. The summed E-state index contributed by atoms with van der Waals surface area (Å²) >= 11 is 0. The average molecular weight is 332 g/mol. The molecule has 1 saturated carbocycles. The minimum atomic E-state index is -3.80. The Morgan fingerprint density at radius 3 is 2.67 bits per heavy atom. The maximum absolute atomic E-state index is 11.8. The lowest BCUT2D eigenvalue weighted by molar-refractivity contribution is -0.122. The van der Waals surface area contributed by atoms with Gasteiger partial charge < -0.3 is 10.1 Å². The van der Waals surface area contributed by atoms with Crippen molar-refractivity contribution in [2.24, 2.45) is 5.92 Å². The normalized spacial score (nSPS) is 15.3. The number of hydrogen-bond acceptors (Lipinski definition) is 4. The van der Waals surface area contributed by atoms with E-state index in [0.717, 1.165) is 12.8 Å². The number of nitrogens with one attached hydrogen (secondary N) is 1. The highest BCUT2D eigenvalue weighted by molar-refractivity contribution is 8.13. The van der Waals surface area contributed by atoms with Crippen LogP contribution in [-0.2, 0) is 20.4 Å². The SMILES string of the molecule is COc1ccc(S(=O)(=O)Cl)cc1CNC(=O)CC1CCC1. The van der Waals surface area contributed by atoms with Gasteiger partial charge in [-0.3, -0.25) is 4.79 Å². The number of benzene rings is 1. The number of carbonyl (C=O) groups is 1. The van der Waals surface area contributed by atoms with Gasteiger partial charge in [0.15, 0.2) is 0 Å². The highest BCUT2D eigenvalue weighted by atomic mass is 35.7. The number of ether oxygens (including phenoxy) is 1. The van der Waals surface area contributed by atoms with E-state index in [0.29, 0.717) is 23.7 Å². The molecule has 1 aliphatic carbocycles. The molecule has 0 radical (unpaired) electrons. The fourth-order valence-corrected chi connectivity index (χ4v) is 3.07. The third kappa shape index (κ3) is 4.35. The van der Waals surface area contributed by atoms with Crippen LogP contribution in [0, 0.1) is 5.92 Å². The number of amides is 1. The molecule has 0 bridgehead atoms. The minimum Gasteiger partial charge on any atom is -0.496 e. The van der Waals surface area contributed by atoms with Crippen LogP contribution in [0.25, 0.3) is 0 Å². The molecule has 1 N–H and O–H groups in total. The molecule has 1 aliphatic rings. The molecule has 0 saturated heterocycles. The van der Waals surface area contributed by atoms with Gasteiger partial charge in [-0.2, -0.15) is 0 Å². The van der Waals surface area contributed by atoms with Crippen molar-refractivity contribution in [2.45, 2.75) is 37.1 Å². The lowest BCUT2D eigenvalue weighted by atomic mass is 9.83. The third-order valence-corrected chi connectivity index (χ3v) is 5.06. The fourth-order valence-electron chi connectivity index (χ4n) is 2.27. The zero-order chi connectivity index (χ0) is 15.5. The first-order valence-corrected chi connectivity index (χ1v) is 9.09. The molecule has 0 aromatic heterocycles. The maximum atomic E-state index is 11.8. The van der Waals surface area contributed by atoms with Crippen LogP contribution in [0.3, 0.4) is 0 Å². The largest absolute Gasteiger partial charge is 0.496 e. The van der Waals surface area contributed by atoms with E-state index in [9.17, 15) is 13.2 Å². The van der Waals surface area contributed by atoms with Crippen molar-refractivity contribution in [3.8, 4) is 5.75 Å². The Bertz CT molecular complexity index is 626. The second kappa shape index (κ2) is 6.66. The van der Waals surface area contributed by atoms with Crippen LogP contribution in [-0.4, -0.2) is 21.4 Å². The summed E-state index contributed by atoms with van der Waals surface area (Å²) in [5, 5.41) is 2.79. The number of methoxy groups -OCH3 is 1. The molecular weight excluding hydrogens is 314 g/mol. The van der Waals surface area contributed by atoms with E-state index in [1.807, 2.05) is 0 Å². The van der Waals surface area contributed by atoms with Crippen LogP contribution in [0.1, 0.15) is 31.2 Å². The number of halogens is 1. The summed E-state index contributed by atoms with van der Waals surface area (Å²) in [5.74, 6) is 0.977. The minimum absolute atomic E-state index is 0.00629. The molecule has 5 nitrogen and oxygen atoms in total. The zero-order valence-electron chi connectivity index (χ0n) is 11.8. The predicted octanol–water partition coefficient (Wildman–Crippen LogP) is 2.43. The van der Waals surface area contributed by atoms with Crippen molar-refractivity contribution in [3.05, 3.63) is 23.8 Å². The van der Waals surface area contributed by atoms with Crippen LogP contribution < -0.4 is 10.1 Å². The Labute approximate surface area is 129 Å². The standard InChI is InChI=1S/C14H18ClNO4S/c1-20-13-6-5-12(21(15,18)19)8-11(13)9-16-14(17)7-10-3-2-4-10/h5-6,8,10H,2-4,7,9H2,1H3,(H,16,17). The van der Waals surface area contributed by atoms with Crippen LogP contribution in [0.4, 0.5) is 0 Å². The summed E-state index contributed by atoms with van der Waals surface area (Å²) in [6.07, 6.45) is 3.94. The highest BCUT2D eigenvalue weighted by Crippen LogP contribution is 2.29. The Morgan fingerprint density at radius 1 is 1.43 bits per heavy atom. The van der Waals surface area contributed by atoms with Crippen molar-refractivity contribution < 1.29 is 17.9 Å². The summed E-state index contributed by atoms with van der Waals surface area (Å²) in [4.78, 5) is 11.8. The molecular formula is C14H18ClNO4S. The van der Waals surface area contributed by atoms with Gasteiger partial charge in [0.05, 0.1) is 12.0 Å². The summed E-state index contributed by atoms with van der Waals surface area (Å²) in [7, 11) is 3.02. The smallest absolute Gasteiger partial charge is 0.261 e. The van der Waals surface area contributed by atoms with Crippen LogP contribution in [0.5, 0.6) is 5.75 Å². The second-order valence-corrected chi connectivity index (χ2v) is 7.76. The van der Waals surface area contributed by atoms with E-state index in [2.05, 4.69) is 5.32 Å². The molecule has 0 atom stereocenters. The lowest BCUT2D eigenvalue weighted by Crippen LogP contribution is -2.27. The molecule has 7 heteroatoms. The molecule has 0 spiro atoms. The highest BCUT2D eigenvalue weighted by Gasteiger charge is 2.21. The van der Waals surface area contributed by atoms with Crippen molar-refractivity contribution in [1.29, 1.82) is 0 Å². The van der Waals surface area contributed by atoms with Gasteiger partial charge in [-0.1, -0.05) is 6.42 Å². The van der Waals surface area contributed by atoms with Gasteiger partial charge in [0.1, 0.15) is 5.75 Å². The third-order valence-electron chi connectivity index (χ3n) is 3.71. The maximum Gasteiger partial charge on any atom is 0.261 e. The van der Waals surface area contributed by atoms with E-state index < -0.39 is 9.05 Å². The topological polar surface area (TPSA) is 72.5 Å². The van der Waals surface area contributed by atoms with Crippen molar-refractivity contribution >= 4 is 25.6 Å². The van der Waals surface area contributed by atoms with Gasteiger partial charge >= 0.3 is 0 Å². The van der Waals surface area contributed by atoms with Gasteiger partial charge in [-0.25, -0.2) is 8.42 Å². The van der Waals surface area contributed by atoms with Crippen LogP contribution in [0.2, 0.25) is 0 Å². The van der Waals surface area contributed by atoms with Crippen molar-refractivity contribution in [3.63, 3.8) is 0 Å². The first kappa shape index (κ1) is 16.1. The summed E-state index contributed by atoms with van der Waals surface area (Å²) in [6, 6.07) is 4.33. The number of carbonyl (C=O) groups excluding carboxylic acids is 1. The molecule has 0 heterocycles. The monoisotopic (exact) mass is 331 g/mol. The Kier molecular flexibility index (Phi) is 5.11. The molecule has 2 rings (SSSR count). The van der Waals surface area contributed by atoms with Crippen molar-refractivity contribution in [1.82, 2.24) is 5.32 Å². The quantitative estimate of drug-likeness (QED) is 0.813. The van der Waals surface area contributed by atoms with E-state index in [1.54, 1.807) is 0 Å². The molecule has 1 aromatic rings. The molecule has 0 unspecified atom stereocenters. The van der Waals surface area contributed by atoms with E-state index >= 15 is 0 Å². The summed E-state index contributed by atoms with van der Waals surface area (Å²) < 4.78 is 27.9.